The second-order valence-electron chi connectivity index (χ2n) is 5.92. The maximum absolute atomic E-state index is 11.8. The van der Waals surface area contributed by atoms with Gasteiger partial charge < -0.3 is 20.1 Å². The van der Waals surface area contributed by atoms with Crippen LogP contribution in [0, 0.1) is 0 Å². The highest BCUT2D eigenvalue weighted by atomic mass is 16.1. The number of nitrogens with zero attached hydrogens (tertiary/aromatic N) is 3. The van der Waals surface area contributed by atoms with Crippen molar-refractivity contribution in [2.24, 2.45) is 12.0 Å². The zero-order valence-electron chi connectivity index (χ0n) is 15.4. The highest BCUT2D eigenvalue weighted by Crippen LogP contribution is 2.06. The Balaban J connectivity index is 1.92. The van der Waals surface area contributed by atoms with E-state index in [-0.39, 0.29) is 5.91 Å². The van der Waals surface area contributed by atoms with Crippen LogP contribution in [-0.2, 0) is 20.1 Å². The van der Waals surface area contributed by atoms with E-state index in [9.17, 15) is 4.79 Å². The minimum absolute atomic E-state index is 0.0416. The fourth-order valence-electron chi connectivity index (χ4n) is 2.58. The number of aryl methyl sites for hydroxylation is 1. The van der Waals surface area contributed by atoms with Crippen LogP contribution >= 0.6 is 0 Å². The van der Waals surface area contributed by atoms with Gasteiger partial charge in [0, 0.05) is 51.7 Å². The van der Waals surface area contributed by atoms with E-state index >= 15 is 0 Å². The van der Waals surface area contributed by atoms with Gasteiger partial charge in [-0.2, -0.15) is 0 Å². The monoisotopic (exact) mass is 341 g/mol. The summed E-state index contributed by atoms with van der Waals surface area (Å²) in [5.74, 6) is 0.786. The summed E-state index contributed by atoms with van der Waals surface area (Å²) in [5, 5.41) is 6.16. The molecule has 0 saturated heterocycles. The maximum Gasteiger partial charge on any atom is 0.251 e. The molecule has 0 aliphatic carbocycles. The third-order valence-corrected chi connectivity index (χ3v) is 4.03. The zero-order valence-corrected chi connectivity index (χ0v) is 15.4. The van der Waals surface area contributed by atoms with Crippen LogP contribution in [0.15, 0.2) is 47.6 Å². The minimum Gasteiger partial charge on any atom is -0.353 e. The number of amides is 1. The topological polar surface area (TPSA) is 61.7 Å². The van der Waals surface area contributed by atoms with Gasteiger partial charge in [0.2, 0.25) is 0 Å². The number of carbonyl (C=O) groups is 1. The molecular weight excluding hydrogens is 314 g/mol. The smallest absolute Gasteiger partial charge is 0.251 e. The predicted molar refractivity (Wildman–Crippen MR) is 102 cm³/mol. The first-order valence-corrected chi connectivity index (χ1v) is 8.44. The average molecular weight is 341 g/mol. The fraction of sp³-hybridized carbons (Fsp3) is 0.368. The number of nitrogens with one attached hydrogen (secondary N) is 2. The molecular formula is C19H27N5O. The van der Waals surface area contributed by atoms with E-state index in [1.54, 1.807) is 7.05 Å². The average Bonchev–Trinajstić information content (AvgIpc) is 3.01. The molecule has 6 nitrogen and oxygen atoms in total. The molecule has 2 N–H and O–H groups in total. The summed E-state index contributed by atoms with van der Waals surface area (Å²) in [6.45, 7) is 3.97. The lowest BCUT2D eigenvalue weighted by Gasteiger charge is -2.22. The Morgan fingerprint density at radius 1 is 1.20 bits per heavy atom. The Morgan fingerprint density at radius 2 is 1.92 bits per heavy atom. The molecule has 1 aromatic carbocycles. The molecule has 6 heteroatoms. The van der Waals surface area contributed by atoms with Crippen LogP contribution in [-0.4, -0.2) is 42.0 Å². The normalized spacial score (nSPS) is 11.3. The van der Waals surface area contributed by atoms with Gasteiger partial charge in [-0.3, -0.25) is 9.79 Å². The van der Waals surface area contributed by atoms with E-state index in [0.717, 1.165) is 18.1 Å². The van der Waals surface area contributed by atoms with Crippen LogP contribution in [0.1, 0.15) is 28.5 Å². The molecule has 1 amide bonds. The van der Waals surface area contributed by atoms with Crippen molar-refractivity contribution in [1.82, 2.24) is 20.1 Å². The van der Waals surface area contributed by atoms with Crippen LogP contribution in [0.3, 0.4) is 0 Å². The van der Waals surface area contributed by atoms with Crippen LogP contribution in [0.5, 0.6) is 0 Å². The van der Waals surface area contributed by atoms with Crippen LogP contribution in [0.25, 0.3) is 0 Å². The molecule has 0 saturated carbocycles. The molecule has 2 aromatic rings. The van der Waals surface area contributed by atoms with Gasteiger partial charge in [0.1, 0.15) is 0 Å². The molecule has 0 unspecified atom stereocenters. The molecule has 1 heterocycles. The molecule has 134 valence electrons. The Bertz CT molecular complexity index is 718. The van der Waals surface area contributed by atoms with E-state index in [1.807, 2.05) is 57.5 Å². The quantitative estimate of drug-likeness (QED) is 0.624. The summed E-state index contributed by atoms with van der Waals surface area (Å²) in [7, 11) is 5.83. The van der Waals surface area contributed by atoms with E-state index in [1.165, 1.54) is 5.69 Å². The number of rotatable bonds is 6. The summed E-state index contributed by atoms with van der Waals surface area (Å²) >= 11 is 0. The highest BCUT2D eigenvalue weighted by molar-refractivity contribution is 5.94. The second kappa shape index (κ2) is 8.92. The van der Waals surface area contributed by atoms with Crippen molar-refractivity contribution in [3.63, 3.8) is 0 Å². The van der Waals surface area contributed by atoms with Crippen molar-refractivity contribution < 1.29 is 4.79 Å². The molecule has 25 heavy (non-hydrogen) atoms. The molecule has 0 atom stereocenters. The van der Waals surface area contributed by atoms with E-state index in [4.69, 9.17) is 0 Å². The summed E-state index contributed by atoms with van der Waals surface area (Å²) in [6.07, 6.45) is 2.04. The largest absolute Gasteiger partial charge is 0.353 e. The molecule has 0 radical (unpaired) electrons. The Hall–Kier alpha value is -2.76. The first-order chi connectivity index (χ1) is 12.0. The van der Waals surface area contributed by atoms with Gasteiger partial charge >= 0.3 is 0 Å². The summed E-state index contributed by atoms with van der Waals surface area (Å²) < 4.78 is 2.10. The molecule has 0 bridgehead atoms. The SMILES string of the molecule is CCNC(=O)c1ccc(CNC(=NC)N(C)Cc2cccn2C)cc1. The van der Waals surface area contributed by atoms with Crippen LogP contribution in [0.4, 0.5) is 0 Å². The fourth-order valence-corrected chi connectivity index (χ4v) is 2.58. The zero-order chi connectivity index (χ0) is 18.2. The number of hydrogen-bond acceptors (Lipinski definition) is 2. The van der Waals surface area contributed by atoms with Crippen molar-refractivity contribution in [1.29, 1.82) is 0 Å². The predicted octanol–water partition coefficient (Wildman–Crippen LogP) is 1.98. The van der Waals surface area contributed by atoms with Gasteiger partial charge in [-0.15, -0.1) is 0 Å². The summed E-state index contributed by atoms with van der Waals surface area (Å²) in [5.41, 5.74) is 2.99. The number of aromatic nitrogens is 1. The maximum atomic E-state index is 11.8. The first-order valence-electron chi connectivity index (χ1n) is 8.44. The Morgan fingerprint density at radius 3 is 2.48 bits per heavy atom. The van der Waals surface area contributed by atoms with Gasteiger partial charge in [-0.1, -0.05) is 12.1 Å². The van der Waals surface area contributed by atoms with Gasteiger partial charge in [0.05, 0.1) is 6.54 Å². The minimum atomic E-state index is -0.0416. The number of hydrogen-bond donors (Lipinski definition) is 2. The van der Waals surface area contributed by atoms with Gasteiger partial charge in [0.15, 0.2) is 5.96 Å². The molecule has 2 rings (SSSR count). The third-order valence-electron chi connectivity index (χ3n) is 4.03. The molecule has 0 spiro atoms. The van der Waals surface area contributed by atoms with Crippen molar-refractivity contribution in [3.05, 3.63) is 59.4 Å². The summed E-state index contributed by atoms with van der Waals surface area (Å²) in [4.78, 5) is 18.2. The van der Waals surface area contributed by atoms with Crippen molar-refractivity contribution >= 4 is 11.9 Å². The number of carbonyl (C=O) groups excluding carboxylic acids is 1. The van der Waals surface area contributed by atoms with E-state index in [2.05, 4.69) is 31.2 Å². The first kappa shape index (κ1) is 18.6. The number of guanidine groups is 1. The lowest BCUT2D eigenvalue weighted by Crippen LogP contribution is -2.38. The Labute approximate surface area is 149 Å². The van der Waals surface area contributed by atoms with Crippen molar-refractivity contribution in [2.75, 3.05) is 20.6 Å². The molecule has 0 aliphatic heterocycles. The number of benzene rings is 1. The van der Waals surface area contributed by atoms with Crippen molar-refractivity contribution in [2.45, 2.75) is 20.0 Å². The lowest BCUT2D eigenvalue weighted by molar-refractivity contribution is 0.0956. The van der Waals surface area contributed by atoms with Crippen molar-refractivity contribution in [3.8, 4) is 0 Å². The molecule has 1 aromatic heterocycles. The van der Waals surface area contributed by atoms with E-state index in [0.29, 0.717) is 18.7 Å². The molecule has 0 aliphatic rings. The highest BCUT2D eigenvalue weighted by Gasteiger charge is 2.09. The second-order valence-corrected chi connectivity index (χ2v) is 5.92. The molecule has 0 fully saturated rings. The van der Waals surface area contributed by atoms with Crippen LogP contribution < -0.4 is 10.6 Å². The Kier molecular flexibility index (Phi) is 6.62. The summed E-state index contributed by atoms with van der Waals surface area (Å²) in [6, 6.07) is 11.8. The van der Waals surface area contributed by atoms with Gasteiger partial charge in [-0.05, 0) is 36.8 Å². The third kappa shape index (κ3) is 5.11. The van der Waals surface area contributed by atoms with Crippen LogP contribution in [0.2, 0.25) is 0 Å². The lowest BCUT2D eigenvalue weighted by atomic mass is 10.1. The standard InChI is InChI=1S/C19H27N5O/c1-5-21-18(25)16-10-8-15(9-11-16)13-22-19(20-2)24(4)14-17-7-6-12-23(17)3/h6-12H,5,13-14H2,1-4H3,(H,20,22)(H,21,25). The van der Waals surface area contributed by atoms with Gasteiger partial charge in [-0.25, -0.2) is 0 Å². The number of aliphatic imine (C=N–C) groups is 1. The van der Waals surface area contributed by atoms with Gasteiger partial charge in [0.25, 0.3) is 5.91 Å². The van der Waals surface area contributed by atoms with E-state index < -0.39 is 0 Å².